The van der Waals surface area contributed by atoms with Crippen molar-refractivity contribution < 1.29 is 0 Å². The fraction of sp³-hybridized carbons (Fsp3) is 0.778. The third kappa shape index (κ3) is 0.0951. The molecule has 0 aromatic carbocycles. The van der Waals surface area contributed by atoms with Crippen LogP contribution in [0.2, 0.25) is 0 Å². The lowest BCUT2D eigenvalue weighted by atomic mass is 9.76. The zero-order chi connectivity index (χ0) is 6.07. The second-order valence-electron chi connectivity index (χ2n) is 4.26. The van der Waals surface area contributed by atoms with Crippen LogP contribution in [0.5, 0.6) is 0 Å². The molecular formula is C9H8. The van der Waals surface area contributed by atoms with Crippen molar-refractivity contribution in [2.45, 2.75) is 13.8 Å². The molecule has 4 rings (SSSR count). The van der Waals surface area contributed by atoms with Crippen molar-refractivity contribution in [1.82, 2.24) is 0 Å². The summed E-state index contributed by atoms with van der Waals surface area (Å²) >= 11 is 0. The van der Waals surface area contributed by atoms with Crippen molar-refractivity contribution >= 4 is 0 Å². The van der Waals surface area contributed by atoms with E-state index in [1.54, 1.807) is 0 Å². The molecule has 4 aliphatic carbocycles. The predicted molar refractivity (Wildman–Crippen MR) is 33.4 cm³/mol. The topological polar surface area (TPSA) is 0 Å². The molecule has 0 heteroatoms. The minimum Gasteiger partial charge on any atom is -0.106 e. The van der Waals surface area contributed by atoms with E-state index in [9.17, 15) is 0 Å². The normalized spacial score (nSPS) is 89.6. The SMILES string of the molecule is CC#CC12C3C4(C)C1C342. The third-order valence-corrected chi connectivity index (χ3v) is 4.60. The van der Waals surface area contributed by atoms with Crippen LogP contribution in [0.3, 0.4) is 0 Å². The highest BCUT2D eigenvalue weighted by molar-refractivity contribution is 5.84. The summed E-state index contributed by atoms with van der Waals surface area (Å²) in [5.74, 6) is 8.60. The molecule has 0 bridgehead atoms. The Labute approximate surface area is 54.6 Å². The first-order valence-corrected chi connectivity index (χ1v) is 3.73. The van der Waals surface area contributed by atoms with Gasteiger partial charge in [0.25, 0.3) is 0 Å². The van der Waals surface area contributed by atoms with Gasteiger partial charge in [-0.3, -0.25) is 0 Å². The van der Waals surface area contributed by atoms with Crippen LogP contribution in [0.1, 0.15) is 13.8 Å². The molecule has 0 heterocycles. The molecule has 0 radical (unpaired) electrons. The Morgan fingerprint density at radius 1 is 1.33 bits per heavy atom. The predicted octanol–water partition coefficient (Wildman–Crippen LogP) is 1.28. The van der Waals surface area contributed by atoms with Gasteiger partial charge in [0.15, 0.2) is 0 Å². The van der Waals surface area contributed by atoms with Gasteiger partial charge in [0, 0.05) is 10.8 Å². The quantitative estimate of drug-likeness (QED) is 0.418. The number of hydrogen-bond donors (Lipinski definition) is 0. The van der Waals surface area contributed by atoms with Gasteiger partial charge in [-0.25, -0.2) is 0 Å². The Morgan fingerprint density at radius 2 is 1.89 bits per heavy atom. The van der Waals surface area contributed by atoms with E-state index >= 15 is 0 Å². The van der Waals surface area contributed by atoms with Gasteiger partial charge in [-0.05, 0) is 24.2 Å². The van der Waals surface area contributed by atoms with Crippen molar-refractivity contribution in [2.24, 2.45) is 28.1 Å². The summed E-state index contributed by atoms with van der Waals surface area (Å²) < 4.78 is 0. The van der Waals surface area contributed by atoms with E-state index in [2.05, 4.69) is 18.8 Å². The van der Waals surface area contributed by atoms with E-state index in [0.717, 1.165) is 22.7 Å². The minimum atomic E-state index is 0.663. The summed E-state index contributed by atoms with van der Waals surface area (Å²) in [5.41, 5.74) is 2.41. The van der Waals surface area contributed by atoms with Gasteiger partial charge in [0.1, 0.15) is 0 Å². The van der Waals surface area contributed by atoms with Crippen molar-refractivity contribution in [1.29, 1.82) is 0 Å². The Kier molecular flexibility index (Phi) is 0.203. The second-order valence-corrected chi connectivity index (χ2v) is 4.26. The molecule has 0 amide bonds. The number of hydrogen-bond acceptors (Lipinski definition) is 0. The molecule has 4 saturated carbocycles. The van der Waals surface area contributed by atoms with Crippen LogP contribution in [0, 0.1) is 39.9 Å². The average Bonchev–Trinajstić information content (AvgIpc) is 2.59. The summed E-state index contributed by atoms with van der Waals surface area (Å²) in [6, 6.07) is 0. The Hall–Kier alpha value is -0.440. The molecule has 0 aromatic heterocycles. The van der Waals surface area contributed by atoms with Crippen LogP contribution in [0.15, 0.2) is 0 Å². The fourth-order valence-electron chi connectivity index (χ4n) is 4.28. The highest BCUT2D eigenvalue weighted by Gasteiger charge is 3.35. The van der Waals surface area contributed by atoms with Gasteiger partial charge < -0.3 is 0 Å². The van der Waals surface area contributed by atoms with Gasteiger partial charge in [-0.2, -0.15) is 0 Å². The van der Waals surface area contributed by atoms with Crippen LogP contribution in [0.25, 0.3) is 0 Å². The molecule has 2 atom stereocenters. The standard InChI is InChI=1S/C9H8/c1-3-4-8-5-7(2)6(8)9(5,7)8/h5-6H,1-2H3. The van der Waals surface area contributed by atoms with Gasteiger partial charge in [0.05, 0.1) is 0 Å². The lowest BCUT2D eigenvalue weighted by Gasteiger charge is -2.26. The molecular weight excluding hydrogens is 108 g/mol. The lowest BCUT2D eigenvalue weighted by Crippen LogP contribution is -2.25. The van der Waals surface area contributed by atoms with E-state index in [-0.39, 0.29) is 0 Å². The van der Waals surface area contributed by atoms with Crippen LogP contribution >= 0.6 is 0 Å². The molecule has 4 aliphatic rings. The van der Waals surface area contributed by atoms with Gasteiger partial charge in [0.2, 0.25) is 0 Å². The largest absolute Gasteiger partial charge is 0.106 e. The van der Waals surface area contributed by atoms with Crippen molar-refractivity contribution in [3.05, 3.63) is 0 Å². The first kappa shape index (κ1) is 3.66. The van der Waals surface area contributed by atoms with Crippen LogP contribution in [-0.4, -0.2) is 0 Å². The van der Waals surface area contributed by atoms with E-state index < -0.39 is 0 Å². The highest BCUT2D eigenvalue weighted by Crippen LogP contribution is 3.35. The number of fused-ring (bicyclic) bond motifs is 4. The molecule has 4 fully saturated rings. The monoisotopic (exact) mass is 116 g/mol. The Balaban J connectivity index is 1.89. The smallest absolute Gasteiger partial charge is 0.0462 e. The Morgan fingerprint density at radius 3 is 2.22 bits per heavy atom. The molecule has 9 heavy (non-hydrogen) atoms. The Bertz CT molecular complexity index is 301. The van der Waals surface area contributed by atoms with Crippen LogP contribution in [0.4, 0.5) is 0 Å². The van der Waals surface area contributed by atoms with Crippen molar-refractivity contribution in [3.63, 3.8) is 0 Å². The van der Waals surface area contributed by atoms with Crippen molar-refractivity contribution in [3.8, 4) is 11.8 Å². The first-order chi connectivity index (χ1) is 4.29. The van der Waals surface area contributed by atoms with Gasteiger partial charge in [-0.15, -0.1) is 5.92 Å². The highest BCUT2D eigenvalue weighted by atomic mass is 15.4. The maximum Gasteiger partial charge on any atom is 0.0462 e. The van der Waals surface area contributed by atoms with Crippen molar-refractivity contribution in [2.75, 3.05) is 0 Å². The summed E-state index contributed by atoms with van der Waals surface area (Å²) in [5, 5.41) is 0. The lowest BCUT2D eigenvalue weighted by molar-refractivity contribution is 0.237. The molecule has 0 aliphatic heterocycles. The van der Waals surface area contributed by atoms with E-state index in [1.165, 1.54) is 0 Å². The molecule has 44 valence electrons. The van der Waals surface area contributed by atoms with E-state index in [0.29, 0.717) is 5.41 Å². The molecule has 0 N–H and O–H groups in total. The van der Waals surface area contributed by atoms with Crippen LogP contribution in [-0.2, 0) is 0 Å². The first-order valence-electron chi connectivity index (χ1n) is 3.73. The zero-order valence-electron chi connectivity index (χ0n) is 5.65. The molecule has 2 unspecified atom stereocenters. The van der Waals surface area contributed by atoms with E-state index in [1.807, 2.05) is 6.92 Å². The number of rotatable bonds is 0. The molecule has 1 spiro atoms. The van der Waals surface area contributed by atoms with Crippen LogP contribution < -0.4 is 0 Å². The minimum absolute atomic E-state index is 0.663. The maximum atomic E-state index is 3.36. The zero-order valence-corrected chi connectivity index (χ0v) is 5.65. The van der Waals surface area contributed by atoms with Gasteiger partial charge >= 0.3 is 0 Å². The summed E-state index contributed by atoms with van der Waals surface area (Å²) in [6.07, 6.45) is 0. The molecule has 0 saturated heterocycles. The summed E-state index contributed by atoms with van der Waals surface area (Å²) in [4.78, 5) is 0. The summed E-state index contributed by atoms with van der Waals surface area (Å²) in [7, 11) is 0. The molecule has 0 nitrogen and oxygen atoms in total. The van der Waals surface area contributed by atoms with E-state index in [4.69, 9.17) is 0 Å². The average molecular weight is 116 g/mol. The molecule has 0 aromatic rings. The fourth-order valence-corrected chi connectivity index (χ4v) is 4.28. The van der Waals surface area contributed by atoms with Gasteiger partial charge in [-0.1, -0.05) is 12.8 Å². The maximum absolute atomic E-state index is 3.36. The summed E-state index contributed by atoms with van der Waals surface area (Å²) in [6.45, 7) is 4.40. The third-order valence-electron chi connectivity index (χ3n) is 4.60. The second kappa shape index (κ2) is 0.498.